The van der Waals surface area contributed by atoms with Gasteiger partial charge in [0.05, 0.1) is 0 Å². The third-order valence-corrected chi connectivity index (χ3v) is 5.33. The Morgan fingerprint density at radius 2 is 1.61 bits per heavy atom. The predicted octanol–water partition coefficient (Wildman–Crippen LogP) is 4.29. The molecule has 3 aromatic carbocycles. The van der Waals surface area contributed by atoms with Crippen molar-refractivity contribution in [2.24, 2.45) is 0 Å². The Hall–Kier alpha value is -3.67. The average molecular weight is 449 g/mol. The van der Waals surface area contributed by atoms with E-state index in [-0.39, 0.29) is 30.8 Å². The number of likely N-dealkylation sites (N-methyl/N-ethyl adjacent to an activating group) is 1. The minimum Gasteiger partial charge on any atom is -0.484 e. The molecule has 33 heavy (non-hydrogen) atoms. The third kappa shape index (κ3) is 6.91. The molecule has 0 radical (unpaired) electrons. The summed E-state index contributed by atoms with van der Waals surface area (Å²) in [6.07, 6.45) is 0.351. The van der Waals surface area contributed by atoms with Crippen LogP contribution in [-0.2, 0) is 22.6 Å². The largest absolute Gasteiger partial charge is 0.484 e. The van der Waals surface area contributed by atoms with Gasteiger partial charge in [0.2, 0.25) is 5.91 Å². The molecule has 0 heterocycles. The maximum Gasteiger partial charge on any atom is 0.261 e. The van der Waals surface area contributed by atoms with Gasteiger partial charge in [0.15, 0.2) is 6.61 Å². The fraction of sp³-hybridized carbons (Fsp3) is 0.259. The Labute approximate surface area is 194 Å². The molecule has 6 heteroatoms. The monoisotopic (exact) mass is 448 g/mol. The Kier molecular flexibility index (Phi) is 8.58. The lowest BCUT2D eigenvalue weighted by molar-refractivity contribution is -0.142. The van der Waals surface area contributed by atoms with Crippen LogP contribution in [0.5, 0.6) is 5.75 Å². The second-order valence-corrected chi connectivity index (χ2v) is 7.80. The van der Waals surface area contributed by atoms with E-state index in [1.165, 1.54) is 17.0 Å². The van der Waals surface area contributed by atoms with E-state index >= 15 is 0 Å². The first-order valence-electron chi connectivity index (χ1n) is 11.0. The zero-order chi connectivity index (χ0) is 23.6. The summed E-state index contributed by atoms with van der Waals surface area (Å²) >= 11 is 0. The normalized spacial score (nSPS) is 11.5. The number of carbonyl (C=O) groups excluding carboxylic acids is 2. The van der Waals surface area contributed by atoms with E-state index in [4.69, 9.17) is 4.74 Å². The van der Waals surface area contributed by atoms with Crippen molar-refractivity contribution in [3.05, 3.63) is 101 Å². The number of nitrogens with zero attached hydrogens (tertiary/aromatic N) is 1. The average Bonchev–Trinajstić information content (AvgIpc) is 2.82. The first-order chi connectivity index (χ1) is 16.0. The lowest BCUT2D eigenvalue weighted by Crippen LogP contribution is -2.51. The smallest absolute Gasteiger partial charge is 0.261 e. The third-order valence-electron chi connectivity index (χ3n) is 5.33. The number of hydrogen-bond acceptors (Lipinski definition) is 3. The number of aryl methyl sites for hydroxylation is 1. The van der Waals surface area contributed by atoms with Crippen molar-refractivity contribution in [3.8, 4) is 5.75 Å². The zero-order valence-electron chi connectivity index (χ0n) is 19.0. The molecule has 3 aromatic rings. The van der Waals surface area contributed by atoms with Gasteiger partial charge < -0.3 is 15.0 Å². The van der Waals surface area contributed by atoms with Crippen LogP contribution >= 0.6 is 0 Å². The minimum absolute atomic E-state index is 0.158. The van der Waals surface area contributed by atoms with Crippen LogP contribution in [0.25, 0.3) is 0 Å². The summed E-state index contributed by atoms with van der Waals surface area (Å²) in [5, 5.41) is 2.85. The molecule has 0 aliphatic carbocycles. The van der Waals surface area contributed by atoms with Crippen LogP contribution in [0.1, 0.15) is 23.6 Å². The number of hydrogen-bond donors (Lipinski definition) is 1. The molecule has 3 rings (SSSR count). The molecule has 0 saturated carbocycles. The molecule has 2 amide bonds. The van der Waals surface area contributed by atoms with Gasteiger partial charge in [-0.15, -0.1) is 0 Å². The van der Waals surface area contributed by atoms with Crippen LogP contribution in [0, 0.1) is 12.7 Å². The Balaban J connectivity index is 1.89. The molecule has 0 saturated heterocycles. The van der Waals surface area contributed by atoms with Gasteiger partial charge in [-0.1, -0.05) is 60.7 Å². The molecule has 0 bridgehead atoms. The minimum atomic E-state index is -0.745. The second-order valence-electron chi connectivity index (χ2n) is 7.80. The van der Waals surface area contributed by atoms with Crippen molar-refractivity contribution < 1.29 is 18.7 Å². The molecule has 172 valence electrons. The highest BCUT2D eigenvalue weighted by molar-refractivity contribution is 5.88. The first kappa shape index (κ1) is 24.0. The molecular formula is C27H29FN2O3. The lowest BCUT2D eigenvalue weighted by Gasteiger charge is -2.31. The number of benzene rings is 3. The maximum atomic E-state index is 13.4. The molecule has 0 spiro atoms. The summed E-state index contributed by atoms with van der Waals surface area (Å²) in [5.74, 6) is -0.309. The molecule has 1 atom stereocenters. The molecule has 0 aliphatic rings. The SMILES string of the molecule is CCNC(=O)C(Cc1ccccc1)N(Cc1ccc(F)cc1)C(=O)COc1ccccc1C. The quantitative estimate of drug-likeness (QED) is 0.503. The lowest BCUT2D eigenvalue weighted by atomic mass is 10.0. The maximum absolute atomic E-state index is 13.4. The molecule has 0 aromatic heterocycles. The van der Waals surface area contributed by atoms with E-state index in [0.29, 0.717) is 18.7 Å². The first-order valence-corrected chi connectivity index (χ1v) is 11.0. The van der Waals surface area contributed by atoms with E-state index in [0.717, 1.165) is 16.7 Å². The van der Waals surface area contributed by atoms with Crippen LogP contribution in [0.15, 0.2) is 78.9 Å². The van der Waals surface area contributed by atoms with Crippen LogP contribution in [-0.4, -0.2) is 35.9 Å². The number of ether oxygens (including phenoxy) is 1. The van der Waals surface area contributed by atoms with Gasteiger partial charge in [-0.3, -0.25) is 9.59 Å². The van der Waals surface area contributed by atoms with Crippen LogP contribution in [0.4, 0.5) is 4.39 Å². The van der Waals surface area contributed by atoms with E-state index < -0.39 is 6.04 Å². The highest BCUT2D eigenvalue weighted by Gasteiger charge is 2.30. The number of halogens is 1. The molecule has 5 nitrogen and oxygen atoms in total. The van der Waals surface area contributed by atoms with Crippen LogP contribution < -0.4 is 10.1 Å². The standard InChI is InChI=1S/C27H29FN2O3/c1-3-29-27(32)24(17-21-10-5-4-6-11-21)30(18-22-13-15-23(28)16-14-22)26(31)19-33-25-12-8-7-9-20(25)2/h4-16,24H,3,17-19H2,1-2H3,(H,29,32). The van der Waals surface area contributed by atoms with E-state index in [9.17, 15) is 14.0 Å². The highest BCUT2D eigenvalue weighted by atomic mass is 19.1. The molecule has 0 aliphatic heterocycles. The highest BCUT2D eigenvalue weighted by Crippen LogP contribution is 2.18. The number of rotatable bonds is 10. The topological polar surface area (TPSA) is 58.6 Å². The molecule has 1 N–H and O–H groups in total. The van der Waals surface area contributed by atoms with E-state index in [1.807, 2.05) is 62.4 Å². The van der Waals surface area contributed by atoms with E-state index in [1.54, 1.807) is 18.2 Å². The summed E-state index contributed by atoms with van der Waals surface area (Å²) in [5.41, 5.74) is 2.58. The van der Waals surface area contributed by atoms with Gasteiger partial charge in [0.1, 0.15) is 17.6 Å². The summed E-state index contributed by atoms with van der Waals surface area (Å²) in [6.45, 7) is 4.14. The summed E-state index contributed by atoms with van der Waals surface area (Å²) in [7, 11) is 0. The van der Waals surface area contributed by atoms with Crippen LogP contribution in [0.2, 0.25) is 0 Å². The summed E-state index contributed by atoms with van der Waals surface area (Å²) in [6, 6.07) is 22.2. The van der Waals surface area contributed by atoms with Crippen molar-refractivity contribution >= 4 is 11.8 Å². The van der Waals surface area contributed by atoms with Crippen molar-refractivity contribution in [3.63, 3.8) is 0 Å². The van der Waals surface area contributed by atoms with Gasteiger partial charge in [0, 0.05) is 19.5 Å². The zero-order valence-corrected chi connectivity index (χ0v) is 19.0. The Morgan fingerprint density at radius 1 is 0.939 bits per heavy atom. The summed E-state index contributed by atoms with van der Waals surface area (Å²) < 4.78 is 19.2. The molecule has 1 unspecified atom stereocenters. The van der Waals surface area contributed by atoms with Crippen molar-refractivity contribution in [1.29, 1.82) is 0 Å². The predicted molar refractivity (Wildman–Crippen MR) is 126 cm³/mol. The fourth-order valence-corrected chi connectivity index (χ4v) is 3.57. The van der Waals surface area contributed by atoms with Crippen molar-refractivity contribution in [1.82, 2.24) is 10.2 Å². The Morgan fingerprint density at radius 3 is 2.27 bits per heavy atom. The van der Waals surface area contributed by atoms with Gasteiger partial charge in [-0.25, -0.2) is 4.39 Å². The second kappa shape index (κ2) is 11.8. The van der Waals surface area contributed by atoms with Crippen molar-refractivity contribution in [2.75, 3.05) is 13.2 Å². The van der Waals surface area contributed by atoms with Gasteiger partial charge in [-0.2, -0.15) is 0 Å². The van der Waals surface area contributed by atoms with Gasteiger partial charge in [-0.05, 0) is 48.7 Å². The fourth-order valence-electron chi connectivity index (χ4n) is 3.57. The molecule has 0 fully saturated rings. The summed E-state index contributed by atoms with van der Waals surface area (Å²) in [4.78, 5) is 28.0. The number of carbonyl (C=O) groups is 2. The Bertz CT molecular complexity index is 1050. The van der Waals surface area contributed by atoms with Crippen LogP contribution in [0.3, 0.4) is 0 Å². The number of para-hydroxylation sites is 1. The van der Waals surface area contributed by atoms with Gasteiger partial charge >= 0.3 is 0 Å². The van der Waals surface area contributed by atoms with Crippen molar-refractivity contribution in [2.45, 2.75) is 32.9 Å². The van der Waals surface area contributed by atoms with E-state index in [2.05, 4.69) is 5.32 Å². The molecular weight excluding hydrogens is 419 g/mol. The number of amides is 2. The van der Waals surface area contributed by atoms with Gasteiger partial charge in [0.25, 0.3) is 5.91 Å². The number of nitrogens with one attached hydrogen (secondary N) is 1.